The first kappa shape index (κ1) is 12.4. The standard InChI is InChI=1S/C13H21NO3/c1-8-6-9(8)7-14(2)12(15)10-4-3-5-11(10)13(16)17/h8-11H,3-7H2,1-2H3,(H,16,17)/t8?,9?,10-,11+/m1/s1. The van der Waals surface area contributed by atoms with E-state index in [0.29, 0.717) is 12.3 Å². The van der Waals surface area contributed by atoms with Crippen LogP contribution in [0.1, 0.15) is 32.6 Å². The number of rotatable bonds is 4. The summed E-state index contributed by atoms with van der Waals surface area (Å²) in [5.74, 6) is -0.158. The minimum absolute atomic E-state index is 0.0361. The molecular weight excluding hydrogens is 218 g/mol. The lowest BCUT2D eigenvalue weighted by Gasteiger charge is -2.23. The van der Waals surface area contributed by atoms with Crippen LogP contribution in [0.3, 0.4) is 0 Å². The first-order chi connectivity index (χ1) is 8.00. The molecule has 4 atom stereocenters. The third kappa shape index (κ3) is 2.61. The predicted octanol–water partition coefficient (Wildman–Crippen LogP) is 1.60. The summed E-state index contributed by atoms with van der Waals surface area (Å²) < 4.78 is 0. The van der Waals surface area contributed by atoms with Crippen molar-refractivity contribution in [3.05, 3.63) is 0 Å². The molecule has 1 N–H and O–H groups in total. The highest BCUT2D eigenvalue weighted by Gasteiger charge is 2.41. The van der Waals surface area contributed by atoms with E-state index in [0.717, 1.165) is 25.3 Å². The minimum Gasteiger partial charge on any atom is -0.481 e. The van der Waals surface area contributed by atoms with Crippen LogP contribution in [-0.2, 0) is 9.59 Å². The molecule has 1 amide bonds. The van der Waals surface area contributed by atoms with E-state index in [-0.39, 0.29) is 11.8 Å². The Morgan fingerprint density at radius 2 is 1.88 bits per heavy atom. The fourth-order valence-corrected chi connectivity index (χ4v) is 2.93. The Balaban J connectivity index is 1.91. The zero-order chi connectivity index (χ0) is 12.6. The van der Waals surface area contributed by atoms with Crippen molar-refractivity contribution in [3.8, 4) is 0 Å². The Hall–Kier alpha value is -1.06. The lowest BCUT2D eigenvalue weighted by atomic mass is 9.95. The Morgan fingerprint density at radius 1 is 1.29 bits per heavy atom. The van der Waals surface area contributed by atoms with Crippen molar-refractivity contribution >= 4 is 11.9 Å². The van der Waals surface area contributed by atoms with Crippen molar-refractivity contribution in [1.82, 2.24) is 4.90 Å². The monoisotopic (exact) mass is 239 g/mol. The molecule has 17 heavy (non-hydrogen) atoms. The first-order valence-electron chi connectivity index (χ1n) is 6.48. The maximum atomic E-state index is 12.2. The third-order valence-electron chi connectivity index (χ3n) is 4.31. The summed E-state index contributed by atoms with van der Waals surface area (Å²) in [6, 6.07) is 0. The fourth-order valence-electron chi connectivity index (χ4n) is 2.93. The van der Waals surface area contributed by atoms with Crippen LogP contribution in [0.15, 0.2) is 0 Å². The number of carbonyl (C=O) groups is 2. The van der Waals surface area contributed by atoms with Gasteiger partial charge >= 0.3 is 5.97 Å². The molecule has 2 rings (SSSR count). The quantitative estimate of drug-likeness (QED) is 0.810. The van der Waals surface area contributed by atoms with Crippen LogP contribution >= 0.6 is 0 Å². The van der Waals surface area contributed by atoms with E-state index in [2.05, 4.69) is 6.92 Å². The van der Waals surface area contributed by atoms with Gasteiger partial charge in [0.2, 0.25) is 5.91 Å². The highest BCUT2D eigenvalue weighted by Crippen LogP contribution is 2.39. The molecule has 2 fully saturated rings. The number of carboxylic acid groups (broad SMARTS) is 1. The molecule has 2 aliphatic rings. The Labute approximate surface area is 102 Å². The molecule has 0 radical (unpaired) electrons. The van der Waals surface area contributed by atoms with Gasteiger partial charge in [0, 0.05) is 13.6 Å². The van der Waals surface area contributed by atoms with Crippen molar-refractivity contribution in [1.29, 1.82) is 0 Å². The van der Waals surface area contributed by atoms with E-state index >= 15 is 0 Å². The molecule has 0 saturated heterocycles. The van der Waals surface area contributed by atoms with Crippen molar-refractivity contribution < 1.29 is 14.7 Å². The second-order valence-corrected chi connectivity index (χ2v) is 5.67. The van der Waals surface area contributed by atoms with E-state index in [9.17, 15) is 9.59 Å². The normalized spacial score (nSPS) is 35.6. The van der Waals surface area contributed by atoms with Gasteiger partial charge in [0.25, 0.3) is 0 Å². The highest BCUT2D eigenvalue weighted by molar-refractivity contribution is 5.85. The molecule has 0 bridgehead atoms. The first-order valence-corrected chi connectivity index (χ1v) is 6.48. The van der Waals surface area contributed by atoms with Gasteiger partial charge in [-0.3, -0.25) is 9.59 Å². The van der Waals surface area contributed by atoms with Crippen molar-refractivity contribution in [2.45, 2.75) is 32.6 Å². The van der Waals surface area contributed by atoms with Crippen LogP contribution in [0, 0.1) is 23.7 Å². The molecule has 0 aromatic rings. The molecule has 0 aliphatic heterocycles. The fraction of sp³-hybridized carbons (Fsp3) is 0.846. The summed E-state index contributed by atoms with van der Waals surface area (Å²) in [7, 11) is 1.81. The Kier molecular flexibility index (Phi) is 3.40. The lowest BCUT2D eigenvalue weighted by Crippen LogP contribution is -2.38. The number of nitrogens with zero attached hydrogens (tertiary/aromatic N) is 1. The van der Waals surface area contributed by atoms with E-state index in [1.165, 1.54) is 6.42 Å². The molecule has 2 unspecified atom stereocenters. The second kappa shape index (κ2) is 4.67. The zero-order valence-electron chi connectivity index (χ0n) is 10.6. The van der Waals surface area contributed by atoms with E-state index in [1.54, 1.807) is 4.90 Å². The summed E-state index contributed by atoms with van der Waals surface area (Å²) in [6.45, 7) is 2.99. The summed E-state index contributed by atoms with van der Waals surface area (Å²) in [6.07, 6.45) is 3.45. The van der Waals surface area contributed by atoms with Crippen LogP contribution in [0.2, 0.25) is 0 Å². The topological polar surface area (TPSA) is 57.6 Å². The molecule has 0 aromatic carbocycles. The van der Waals surface area contributed by atoms with Crippen LogP contribution in [0.5, 0.6) is 0 Å². The molecule has 0 aromatic heterocycles. The van der Waals surface area contributed by atoms with Gasteiger partial charge in [-0.25, -0.2) is 0 Å². The minimum atomic E-state index is -0.811. The van der Waals surface area contributed by atoms with E-state index in [4.69, 9.17) is 5.11 Å². The van der Waals surface area contributed by atoms with Gasteiger partial charge in [0.1, 0.15) is 0 Å². The summed E-state index contributed by atoms with van der Waals surface area (Å²) in [5.41, 5.74) is 0. The maximum Gasteiger partial charge on any atom is 0.307 e. The number of hydrogen-bond acceptors (Lipinski definition) is 2. The van der Waals surface area contributed by atoms with Gasteiger partial charge in [0.05, 0.1) is 11.8 Å². The number of carbonyl (C=O) groups excluding carboxylic acids is 1. The van der Waals surface area contributed by atoms with Crippen LogP contribution in [0.25, 0.3) is 0 Å². The Bertz CT molecular complexity index is 329. The Morgan fingerprint density at radius 3 is 2.41 bits per heavy atom. The molecule has 0 heterocycles. The highest BCUT2D eigenvalue weighted by atomic mass is 16.4. The number of carboxylic acids is 1. The van der Waals surface area contributed by atoms with Gasteiger partial charge in [-0.1, -0.05) is 13.3 Å². The van der Waals surface area contributed by atoms with Gasteiger partial charge in [0.15, 0.2) is 0 Å². The average molecular weight is 239 g/mol. The van der Waals surface area contributed by atoms with Crippen molar-refractivity contribution in [2.75, 3.05) is 13.6 Å². The van der Waals surface area contributed by atoms with Gasteiger partial charge in [-0.05, 0) is 31.1 Å². The third-order valence-corrected chi connectivity index (χ3v) is 4.31. The van der Waals surface area contributed by atoms with Crippen molar-refractivity contribution in [2.24, 2.45) is 23.7 Å². The van der Waals surface area contributed by atoms with Crippen molar-refractivity contribution in [3.63, 3.8) is 0 Å². The molecular formula is C13H21NO3. The van der Waals surface area contributed by atoms with Crippen LogP contribution < -0.4 is 0 Å². The van der Waals surface area contributed by atoms with Gasteiger partial charge in [-0.2, -0.15) is 0 Å². The van der Waals surface area contributed by atoms with Crippen LogP contribution in [-0.4, -0.2) is 35.5 Å². The van der Waals surface area contributed by atoms with E-state index < -0.39 is 11.9 Å². The molecule has 2 saturated carbocycles. The SMILES string of the molecule is CC1CC1CN(C)C(=O)[C@@H]1CCC[C@@H]1C(=O)O. The number of aliphatic carboxylic acids is 1. The predicted molar refractivity (Wildman–Crippen MR) is 63.4 cm³/mol. The van der Waals surface area contributed by atoms with Gasteiger partial charge < -0.3 is 10.0 Å². The summed E-state index contributed by atoms with van der Waals surface area (Å²) in [5, 5.41) is 9.08. The zero-order valence-corrected chi connectivity index (χ0v) is 10.6. The lowest BCUT2D eigenvalue weighted by molar-refractivity contribution is -0.148. The largest absolute Gasteiger partial charge is 0.481 e. The smallest absolute Gasteiger partial charge is 0.307 e. The molecule has 96 valence electrons. The second-order valence-electron chi connectivity index (χ2n) is 5.67. The number of hydrogen-bond donors (Lipinski definition) is 1. The van der Waals surface area contributed by atoms with E-state index in [1.807, 2.05) is 7.05 Å². The van der Waals surface area contributed by atoms with Crippen LogP contribution in [0.4, 0.5) is 0 Å². The molecule has 2 aliphatic carbocycles. The molecule has 4 heteroatoms. The number of amides is 1. The summed E-state index contributed by atoms with van der Waals surface area (Å²) in [4.78, 5) is 25.0. The average Bonchev–Trinajstić information content (AvgIpc) is 2.82. The maximum absolute atomic E-state index is 12.2. The molecule has 4 nitrogen and oxygen atoms in total. The molecule has 0 spiro atoms. The van der Waals surface area contributed by atoms with Gasteiger partial charge in [-0.15, -0.1) is 0 Å². The summed E-state index contributed by atoms with van der Waals surface area (Å²) >= 11 is 0.